The molecule has 1 aromatic heterocycles. The van der Waals surface area contributed by atoms with Gasteiger partial charge in [0.05, 0.1) is 12.1 Å². The Kier molecular flexibility index (Phi) is 2.00. The van der Waals surface area contributed by atoms with Gasteiger partial charge in [0.1, 0.15) is 11.0 Å². The SMILES string of the molecule is CC(C)(CO)n1nc2ccccc2n1. The third-order valence-corrected chi connectivity index (χ3v) is 2.22. The summed E-state index contributed by atoms with van der Waals surface area (Å²) in [6.45, 7) is 3.81. The van der Waals surface area contributed by atoms with E-state index < -0.39 is 5.54 Å². The lowest BCUT2D eigenvalue weighted by molar-refractivity contribution is 0.139. The molecule has 0 aliphatic heterocycles. The minimum atomic E-state index is -0.445. The topological polar surface area (TPSA) is 50.9 Å². The molecule has 0 aliphatic rings. The average Bonchev–Trinajstić information content (AvgIpc) is 2.61. The zero-order valence-electron chi connectivity index (χ0n) is 8.31. The number of fused-ring (bicyclic) bond motifs is 1. The molecule has 2 rings (SSSR count). The van der Waals surface area contributed by atoms with E-state index in [0.717, 1.165) is 11.0 Å². The predicted octanol–water partition coefficient (Wildman–Crippen LogP) is 1.16. The molecule has 0 amide bonds. The molecule has 1 heterocycles. The van der Waals surface area contributed by atoms with Crippen molar-refractivity contribution in [3.05, 3.63) is 24.3 Å². The highest BCUT2D eigenvalue weighted by molar-refractivity contribution is 5.73. The number of benzene rings is 1. The van der Waals surface area contributed by atoms with Crippen molar-refractivity contribution in [2.75, 3.05) is 6.61 Å². The van der Waals surface area contributed by atoms with Gasteiger partial charge in [-0.25, -0.2) is 0 Å². The predicted molar refractivity (Wildman–Crippen MR) is 53.9 cm³/mol. The Morgan fingerprint density at radius 2 is 1.71 bits per heavy atom. The summed E-state index contributed by atoms with van der Waals surface area (Å²) in [5, 5.41) is 17.8. The molecular formula is C10H13N3O. The van der Waals surface area contributed by atoms with E-state index in [4.69, 9.17) is 0 Å². The van der Waals surface area contributed by atoms with E-state index in [1.54, 1.807) is 4.80 Å². The van der Waals surface area contributed by atoms with Crippen molar-refractivity contribution in [3.63, 3.8) is 0 Å². The van der Waals surface area contributed by atoms with Crippen LogP contribution in [0.2, 0.25) is 0 Å². The summed E-state index contributed by atoms with van der Waals surface area (Å²) in [5.41, 5.74) is 1.27. The van der Waals surface area contributed by atoms with Gasteiger partial charge in [-0.3, -0.25) is 0 Å². The van der Waals surface area contributed by atoms with E-state index in [2.05, 4.69) is 10.2 Å². The van der Waals surface area contributed by atoms with Crippen LogP contribution in [-0.4, -0.2) is 26.7 Å². The van der Waals surface area contributed by atoms with Gasteiger partial charge in [0.2, 0.25) is 0 Å². The Morgan fingerprint density at radius 1 is 1.21 bits per heavy atom. The fraction of sp³-hybridized carbons (Fsp3) is 0.400. The molecule has 74 valence electrons. The van der Waals surface area contributed by atoms with Crippen LogP contribution in [0, 0.1) is 0 Å². The third-order valence-electron chi connectivity index (χ3n) is 2.22. The maximum absolute atomic E-state index is 9.17. The van der Waals surface area contributed by atoms with Crippen molar-refractivity contribution in [1.82, 2.24) is 15.0 Å². The van der Waals surface area contributed by atoms with E-state index in [9.17, 15) is 5.11 Å². The van der Waals surface area contributed by atoms with Gasteiger partial charge >= 0.3 is 0 Å². The third kappa shape index (κ3) is 1.37. The molecule has 4 nitrogen and oxygen atoms in total. The molecule has 2 aromatic rings. The second kappa shape index (κ2) is 3.06. The lowest BCUT2D eigenvalue weighted by atomic mass is 10.1. The highest BCUT2D eigenvalue weighted by Crippen LogP contribution is 2.15. The van der Waals surface area contributed by atoms with E-state index >= 15 is 0 Å². The molecule has 0 saturated carbocycles. The molecule has 0 aliphatic carbocycles. The van der Waals surface area contributed by atoms with E-state index in [-0.39, 0.29) is 6.61 Å². The van der Waals surface area contributed by atoms with Crippen molar-refractivity contribution in [3.8, 4) is 0 Å². The Bertz CT molecular complexity index is 414. The van der Waals surface area contributed by atoms with Gasteiger partial charge in [-0.1, -0.05) is 12.1 Å². The Labute approximate surface area is 82.2 Å². The molecule has 1 N–H and O–H groups in total. The molecule has 1 aromatic carbocycles. The summed E-state index contributed by atoms with van der Waals surface area (Å²) >= 11 is 0. The minimum Gasteiger partial charge on any atom is -0.394 e. The van der Waals surface area contributed by atoms with Crippen LogP contribution in [0.15, 0.2) is 24.3 Å². The number of aliphatic hydroxyl groups is 1. The first-order valence-electron chi connectivity index (χ1n) is 4.57. The molecule has 0 radical (unpaired) electrons. The summed E-state index contributed by atoms with van der Waals surface area (Å²) in [6, 6.07) is 7.67. The first-order chi connectivity index (χ1) is 6.63. The van der Waals surface area contributed by atoms with Crippen molar-refractivity contribution in [1.29, 1.82) is 0 Å². The normalized spacial score (nSPS) is 12.2. The fourth-order valence-electron chi connectivity index (χ4n) is 1.19. The molecule has 0 saturated heterocycles. The van der Waals surface area contributed by atoms with Crippen LogP contribution in [0.1, 0.15) is 13.8 Å². The van der Waals surface area contributed by atoms with Crippen molar-refractivity contribution in [2.45, 2.75) is 19.4 Å². The summed E-state index contributed by atoms with van der Waals surface area (Å²) in [7, 11) is 0. The first-order valence-corrected chi connectivity index (χ1v) is 4.57. The molecule has 0 spiro atoms. The van der Waals surface area contributed by atoms with Crippen LogP contribution < -0.4 is 0 Å². The molecule has 4 heteroatoms. The first kappa shape index (κ1) is 9.15. The van der Waals surface area contributed by atoms with E-state index in [1.165, 1.54) is 0 Å². The zero-order valence-corrected chi connectivity index (χ0v) is 8.31. The Hall–Kier alpha value is -1.42. The number of aliphatic hydroxyl groups excluding tert-OH is 1. The lowest BCUT2D eigenvalue weighted by Crippen LogP contribution is -2.32. The zero-order chi connectivity index (χ0) is 10.2. The van der Waals surface area contributed by atoms with Crippen LogP contribution in [0.5, 0.6) is 0 Å². The van der Waals surface area contributed by atoms with Gasteiger partial charge < -0.3 is 5.11 Å². The average molecular weight is 191 g/mol. The highest BCUT2D eigenvalue weighted by atomic mass is 16.3. The summed E-state index contributed by atoms with van der Waals surface area (Å²) in [4.78, 5) is 1.57. The quantitative estimate of drug-likeness (QED) is 0.775. The second-order valence-electron chi connectivity index (χ2n) is 3.95. The number of hydrogen-bond acceptors (Lipinski definition) is 3. The minimum absolute atomic E-state index is 0.0218. The van der Waals surface area contributed by atoms with Gasteiger partial charge in [-0.15, -0.1) is 0 Å². The molecule has 0 bridgehead atoms. The number of aromatic nitrogens is 3. The van der Waals surface area contributed by atoms with Gasteiger partial charge in [0, 0.05) is 0 Å². The van der Waals surface area contributed by atoms with Crippen LogP contribution in [0.3, 0.4) is 0 Å². The van der Waals surface area contributed by atoms with Gasteiger partial charge in [-0.2, -0.15) is 15.0 Å². The van der Waals surface area contributed by atoms with Crippen LogP contribution >= 0.6 is 0 Å². The fourth-order valence-corrected chi connectivity index (χ4v) is 1.19. The summed E-state index contributed by atoms with van der Waals surface area (Å²) in [5.74, 6) is 0. The molecule has 0 fully saturated rings. The van der Waals surface area contributed by atoms with Crippen molar-refractivity contribution < 1.29 is 5.11 Å². The number of nitrogens with zero attached hydrogens (tertiary/aromatic N) is 3. The molecule has 0 unspecified atom stereocenters. The monoisotopic (exact) mass is 191 g/mol. The van der Waals surface area contributed by atoms with Crippen molar-refractivity contribution in [2.24, 2.45) is 0 Å². The van der Waals surface area contributed by atoms with Crippen LogP contribution in [0.25, 0.3) is 11.0 Å². The van der Waals surface area contributed by atoms with Gasteiger partial charge in [0.15, 0.2) is 0 Å². The summed E-state index contributed by atoms with van der Waals surface area (Å²) < 4.78 is 0. The second-order valence-corrected chi connectivity index (χ2v) is 3.95. The standard InChI is InChI=1S/C10H13N3O/c1-10(2,7-14)13-11-8-5-3-4-6-9(8)12-13/h3-6,14H,7H2,1-2H3. The number of hydrogen-bond donors (Lipinski definition) is 1. The summed E-state index contributed by atoms with van der Waals surface area (Å²) in [6.07, 6.45) is 0. The van der Waals surface area contributed by atoms with Crippen molar-refractivity contribution >= 4 is 11.0 Å². The van der Waals surface area contributed by atoms with Gasteiger partial charge in [0.25, 0.3) is 0 Å². The Balaban J connectivity index is 2.55. The van der Waals surface area contributed by atoms with E-state index in [0.29, 0.717) is 0 Å². The van der Waals surface area contributed by atoms with Gasteiger partial charge in [-0.05, 0) is 26.0 Å². The highest BCUT2D eigenvalue weighted by Gasteiger charge is 2.21. The van der Waals surface area contributed by atoms with E-state index in [1.807, 2.05) is 38.1 Å². The molecule has 0 atom stereocenters. The molecular weight excluding hydrogens is 178 g/mol. The maximum atomic E-state index is 9.17. The van der Waals surface area contributed by atoms with Crippen LogP contribution in [0.4, 0.5) is 0 Å². The largest absolute Gasteiger partial charge is 0.394 e. The molecule has 14 heavy (non-hydrogen) atoms. The van der Waals surface area contributed by atoms with Crippen LogP contribution in [-0.2, 0) is 5.54 Å². The number of rotatable bonds is 2. The Morgan fingerprint density at radius 3 is 2.14 bits per heavy atom. The smallest absolute Gasteiger partial charge is 0.113 e. The maximum Gasteiger partial charge on any atom is 0.113 e. The lowest BCUT2D eigenvalue weighted by Gasteiger charge is -2.19.